The van der Waals surface area contributed by atoms with Crippen molar-refractivity contribution in [3.8, 4) is 0 Å². The van der Waals surface area contributed by atoms with E-state index in [9.17, 15) is 16.8 Å². The van der Waals surface area contributed by atoms with Crippen molar-refractivity contribution in [2.24, 2.45) is 0 Å². The molecule has 0 bridgehead atoms. The Morgan fingerprint density at radius 2 is 1.43 bits per heavy atom. The lowest BCUT2D eigenvalue weighted by molar-refractivity contribution is 0.599. The molecule has 0 spiro atoms. The van der Waals surface area contributed by atoms with E-state index in [1.165, 1.54) is 30.0 Å². The normalized spacial score (nSPS) is 11.9. The van der Waals surface area contributed by atoms with Crippen molar-refractivity contribution in [2.45, 2.75) is 20.4 Å². The van der Waals surface area contributed by atoms with E-state index in [-0.39, 0.29) is 9.79 Å². The number of para-hydroxylation sites is 1. The fourth-order valence-electron chi connectivity index (χ4n) is 2.49. The molecule has 0 aromatic heterocycles. The summed E-state index contributed by atoms with van der Waals surface area (Å²) in [7, 11) is -7.43. The molecular formula is C20H19NO4S3. The summed E-state index contributed by atoms with van der Waals surface area (Å²) in [5.74, 6) is 0.698. The molecular weight excluding hydrogens is 414 g/mol. The summed E-state index contributed by atoms with van der Waals surface area (Å²) in [6.45, 7) is 0. The second kappa shape index (κ2) is 8.38. The Morgan fingerprint density at radius 1 is 0.786 bits per heavy atom. The number of anilines is 1. The number of sulfone groups is 1. The van der Waals surface area contributed by atoms with Crippen LogP contribution in [-0.2, 0) is 25.6 Å². The van der Waals surface area contributed by atoms with Crippen molar-refractivity contribution in [3.63, 3.8) is 0 Å². The largest absolute Gasteiger partial charge is 0.278 e. The van der Waals surface area contributed by atoms with Crippen LogP contribution in [0.25, 0.3) is 0 Å². The summed E-state index contributed by atoms with van der Waals surface area (Å²) in [6, 6.07) is 22.3. The Morgan fingerprint density at radius 3 is 2.14 bits per heavy atom. The van der Waals surface area contributed by atoms with Crippen molar-refractivity contribution in [1.29, 1.82) is 0 Å². The van der Waals surface area contributed by atoms with Gasteiger partial charge in [0, 0.05) is 16.9 Å². The van der Waals surface area contributed by atoms with Crippen LogP contribution < -0.4 is 4.72 Å². The number of rotatable bonds is 7. The number of hydrogen-bond acceptors (Lipinski definition) is 5. The minimum Gasteiger partial charge on any atom is -0.278 e. The maximum Gasteiger partial charge on any atom is 0.261 e. The van der Waals surface area contributed by atoms with Crippen molar-refractivity contribution in [2.75, 3.05) is 11.0 Å². The molecule has 0 saturated heterocycles. The third-order valence-electron chi connectivity index (χ3n) is 3.91. The van der Waals surface area contributed by atoms with Gasteiger partial charge >= 0.3 is 0 Å². The molecule has 0 radical (unpaired) electrons. The molecule has 3 aromatic carbocycles. The number of sulfonamides is 1. The van der Waals surface area contributed by atoms with Crippen LogP contribution in [0.4, 0.5) is 5.69 Å². The highest BCUT2D eigenvalue weighted by atomic mass is 32.2. The molecule has 3 aromatic rings. The van der Waals surface area contributed by atoms with Crippen LogP contribution in [0.15, 0.2) is 93.5 Å². The van der Waals surface area contributed by atoms with E-state index < -0.39 is 19.9 Å². The zero-order chi connectivity index (χ0) is 20.2. The molecule has 5 nitrogen and oxygen atoms in total. The molecule has 28 heavy (non-hydrogen) atoms. The second-order valence-electron chi connectivity index (χ2n) is 6.12. The van der Waals surface area contributed by atoms with Gasteiger partial charge in [-0.3, -0.25) is 4.72 Å². The first-order valence-corrected chi connectivity index (χ1v) is 12.7. The Balaban J connectivity index is 1.85. The molecule has 8 heteroatoms. The Bertz CT molecular complexity index is 1170. The zero-order valence-electron chi connectivity index (χ0n) is 15.1. The van der Waals surface area contributed by atoms with Crippen LogP contribution in [0.1, 0.15) is 5.56 Å². The van der Waals surface area contributed by atoms with Crippen LogP contribution in [0.2, 0.25) is 0 Å². The van der Waals surface area contributed by atoms with Crippen molar-refractivity contribution < 1.29 is 16.8 Å². The number of thioether (sulfide) groups is 1. The van der Waals surface area contributed by atoms with E-state index in [4.69, 9.17) is 0 Å². The molecule has 0 aliphatic rings. The van der Waals surface area contributed by atoms with Crippen LogP contribution in [0.3, 0.4) is 0 Å². The highest BCUT2D eigenvalue weighted by Gasteiger charge is 2.18. The monoisotopic (exact) mass is 433 g/mol. The molecule has 0 aliphatic carbocycles. The lowest BCUT2D eigenvalue weighted by atomic mass is 10.2. The van der Waals surface area contributed by atoms with Crippen molar-refractivity contribution >= 4 is 37.3 Å². The summed E-state index contributed by atoms with van der Waals surface area (Å²) in [5.41, 5.74) is 1.58. The summed E-state index contributed by atoms with van der Waals surface area (Å²) >= 11 is 1.52. The molecule has 0 aliphatic heterocycles. The van der Waals surface area contributed by atoms with Gasteiger partial charge in [0.1, 0.15) is 0 Å². The van der Waals surface area contributed by atoms with E-state index in [0.717, 1.165) is 22.8 Å². The van der Waals surface area contributed by atoms with Gasteiger partial charge in [-0.2, -0.15) is 0 Å². The Labute approximate surface area is 169 Å². The Hall–Kier alpha value is -2.29. The van der Waals surface area contributed by atoms with Gasteiger partial charge in [0.2, 0.25) is 0 Å². The van der Waals surface area contributed by atoms with E-state index in [1.54, 1.807) is 12.1 Å². The van der Waals surface area contributed by atoms with Gasteiger partial charge in [-0.25, -0.2) is 16.8 Å². The fourth-order valence-corrected chi connectivity index (χ4v) is 5.38. The fraction of sp³-hybridized carbons (Fsp3) is 0.100. The van der Waals surface area contributed by atoms with Gasteiger partial charge in [0.05, 0.1) is 15.5 Å². The predicted molar refractivity (Wildman–Crippen MR) is 113 cm³/mol. The predicted octanol–water partition coefficient (Wildman–Crippen LogP) is 4.18. The van der Waals surface area contributed by atoms with Crippen LogP contribution in [-0.4, -0.2) is 23.1 Å². The molecule has 0 atom stereocenters. The maximum atomic E-state index is 12.8. The van der Waals surface area contributed by atoms with Gasteiger partial charge < -0.3 is 0 Å². The van der Waals surface area contributed by atoms with E-state index in [2.05, 4.69) is 4.72 Å². The average molecular weight is 434 g/mol. The topological polar surface area (TPSA) is 80.3 Å². The summed E-state index contributed by atoms with van der Waals surface area (Å²) in [4.78, 5) is 0.648. The van der Waals surface area contributed by atoms with E-state index in [1.807, 2.05) is 42.5 Å². The highest BCUT2D eigenvalue weighted by Crippen LogP contribution is 2.31. The lowest BCUT2D eigenvalue weighted by Crippen LogP contribution is -2.14. The van der Waals surface area contributed by atoms with Crippen LogP contribution in [0.5, 0.6) is 0 Å². The summed E-state index contributed by atoms with van der Waals surface area (Å²) in [5, 5.41) is 0. The molecule has 146 valence electrons. The minimum atomic E-state index is -3.93. The zero-order valence-corrected chi connectivity index (χ0v) is 17.5. The van der Waals surface area contributed by atoms with Crippen LogP contribution in [0, 0.1) is 0 Å². The highest BCUT2D eigenvalue weighted by molar-refractivity contribution is 7.98. The smallest absolute Gasteiger partial charge is 0.261 e. The standard InChI is InChI=1S/C20H19NO4S3/c1-27(22,23)17-10-7-11-18(14-17)28(24,25)21-19-12-5-6-13-20(19)26-15-16-8-3-2-4-9-16/h2-14,21H,15H2,1H3. The summed E-state index contributed by atoms with van der Waals surface area (Å²) in [6.07, 6.45) is 1.04. The van der Waals surface area contributed by atoms with E-state index >= 15 is 0 Å². The number of nitrogens with one attached hydrogen (secondary N) is 1. The summed E-state index contributed by atoms with van der Waals surface area (Å²) < 4.78 is 51.6. The first kappa shape index (κ1) is 20.4. The average Bonchev–Trinajstić information content (AvgIpc) is 2.67. The number of benzene rings is 3. The third-order valence-corrected chi connectivity index (χ3v) is 7.53. The van der Waals surface area contributed by atoms with Gasteiger partial charge in [0.15, 0.2) is 9.84 Å². The van der Waals surface area contributed by atoms with Crippen molar-refractivity contribution in [1.82, 2.24) is 0 Å². The maximum absolute atomic E-state index is 12.8. The molecule has 3 rings (SSSR count). The van der Waals surface area contributed by atoms with Gasteiger partial charge in [-0.15, -0.1) is 11.8 Å². The van der Waals surface area contributed by atoms with Crippen LogP contribution >= 0.6 is 11.8 Å². The molecule has 0 fully saturated rings. The molecule has 0 unspecified atom stereocenters. The Kier molecular flexibility index (Phi) is 6.12. The lowest BCUT2D eigenvalue weighted by Gasteiger charge is -2.13. The molecule has 1 N–H and O–H groups in total. The van der Waals surface area contributed by atoms with Gasteiger partial charge in [-0.1, -0.05) is 48.5 Å². The van der Waals surface area contributed by atoms with E-state index in [0.29, 0.717) is 11.4 Å². The molecule has 0 amide bonds. The number of hydrogen-bond donors (Lipinski definition) is 1. The quantitative estimate of drug-likeness (QED) is 0.565. The molecule has 0 heterocycles. The third kappa shape index (κ3) is 5.15. The molecule has 0 saturated carbocycles. The SMILES string of the molecule is CS(=O)(=O)c1cccc(S(=O)(=O)Nc2ccccc2SCc2ccccc2)c1. The van der Waals surface area contributed by atoms with Crippen molar-refractivity contribution in [3.05, 3.63) is 84.4 Å². The second-order valence-corrected chi connectivity index (χ2v) is 10.8. The van der Waals surface area contributed by atoms with Gasteiger partial charge in [-0.05, 0) is 35.9 Å². The first-order chi connectivity index (χ1) is 13.3. The van der Waals surface area contributed by atoms with Gasteiger partial charge in [0.25, 0.3) is 10.0 Å². The minimum absolute atomic E-state index is 0.0397. The first-order valence-electron chi connectivity index (χ1n) is 8.34.